The van der Waals surface area contributed by atoms with Crippen molar-refractivity contribution < 1.29 is 19.8 Å². The summed E-state index contributed by atoms with van der Waals surface area (Å²) in [6.45, 7) is 7.30. The Labute approximate surface area is 161 Å². The Kier molecular flexibility index (Phi) is 8.36. The first-order valence-electron chi connectivity index (χ1n) is 7.75. The average Bonchev–Trinajstić information content (AvgIpc) is 3.13. The number of aromatic carboxylic acids is 1. The summed E-state index contributed by atoms with van der Waals surface area (Å²) in [4.78, 5) is 26.1. The molecule has 0 aromatic carbocycles. The minimum Gasteiger partial charge on any atom is -0.478 e. The second-order valence-corrected chi connectivity index (χ2v) is 6.09. The van der Waals surface area contributed by atoms with Crippen LogP contribution in [-0.2, 0) is 4.79 Å². The van der Waals surface area contributed by atoms with Crippen LogP contribution in [0, 0.1) is 11.3 Å². The van der Waals surface area contributed by atoms with Gasteiger partial charge in [-0.2, -0.15) is 5.26 Å². The summed E-state index contributed by atoms with van der Waals surface area (Å²) in [6, 6.07) is 2.06. The van der Waals surface area contributed by atoms with Crippen LogP contribution in [0.2, 0.25) is 0 Å². The summed E-state index contributed by atoms with van der Waals surface area (Å²) >= 11 is 0.967. The van der Waals surface area contributed by atoms with Crippen LogP contribution in [-0.4, -0.2) is 27.1 Å². The molecule has 0 saturated carbocycles. The summed E-state index contributed by atoms with van der Waals surface area (Å²) in [5.74, 6) is -2.13. The standard InChI is InChI=1S/C20H18N2O4S/c1-4-7-15(19(23)24)9-6-8-14(5-2)16(11-21)10-13(3)18-22-12-17(27-18)20(25)26/h4-10,12H,3H2,1-2H3,(H,23,24)(H,25,26)/b7-4-,8-6+,14-5-,15-9+,16-10-. The lowest BCUT2D eigenvalue weighted by Gasteiger charge is -2.01. The molecule has 0 aliphatic rings. The molecule has 0 saturated heterocycles. The van der Waals surface area contributed by atoms with Crippen LogP contribution in [0.4, 0.5) is 0 Å². The average molecular weight is 382 g/mol. The Balaban J connectivity index is 3.11. The van der Waals surface area contributed by atoms with Crippen molar-refractivity contribution in [3.05, 3.63) is 81.9 Å². The Hall–Kier alpha value is -3.50. The molecule has 0 bridgehead atoms. The van der Waals surface area contributed by atoms with Crippen molar-refractivity contribution in [1.82, 2.24) is 4.98 Å². The maximum atomic E-state index is 11.1. The monoisotopic (exact) mass is 382 g/mol. The van der Waals surface area contributed by atoms with Gasteiger partial charge in [-0.25, -0.2) is 14.6 Å². The largest absolute Gasteiger partial charge is 0.478 e. The van der Waals surface area contributed by atoms with Crippen molar-refractivity contribution >= 4 is 28.8 Å². The van der Waals surface area contributed by atoms with E-state index in [9.17, 15) is 14.9 Å². The van der Waals surface area contributed by atoms with Crippen molar-refractivity contribution in [2.24, 2.45) is 0 Å². The highest BCUT2D eigenvalue weighted by molar-refractivity contribution is 7.14. The Bertz CT molecular complexity index is 937. The van der Waals surface area contributed by atoms with E-state index < -0.39 is 11.9 Å². The zero-order valence-corrected chi connectivity index (χ0v) is 15.7. The number of aliphatic carboxylic acids is 1. The molecule has 0 spiro atoms. The van der Waals surface area contributed by atoms with Crippen molar-refractivity contribution in [2.45, 2.75) is 13.8 Å². The van der Waals surface area contributed by atoms with Gasteiger partial charge in [0, 0.05) is 5.57 Å². The molecule has 1 aromatic heterocycles. The second kappa shape index (κ2) is 10.5. The van der Waals surface area contributed by atoms with Crippen molar-refractivity contribution in [3.8, 4) is 6.07 Å². The fraction of sp³-hybridized carbons (Fsp3) is 0.100. The lowest BCUT2D eigenvalue weighted by Crippen LogP contribution is -1.96. The number of thiazole rings is 1. The molecule has 1 rings (SSSR count). The first kappa shape index (κ1) is 21.5. The van der Waals surface area contributed by atoms with Gasteiger partial charge in [0.2, 0.25) is 0 Å². The van der Waals surface area contributed by atoms with Gasteiger partial charge in [0.1, 0.15) is 9.88 Å². The van der Waals surface area contributed by atoms with Crippen molar-refractivity contribution in [2.75, 3.05) is 0 Å². The summed E-state index contributed by atoms with van der Waals surface area (Å²) in [5.41, 5.74) is 1.38. The number of nitrogens with zero attached hydrogens (tertiary/aromatic N) is 2. The molecule has 7 heteroatoms. The number of nitriles is 1. The number of carbonyl (C=O) groups is 2. The van der Waals surface area contributed by atoms with Gasteiger partial charge in [0.25, 0.3) is 0 Å². The quantitative estimate of drug-likeness (QED) is 0.392. The first-order valence-corrected chi connectivity index (χ1v) is 8.56. The highest BCUT2D eigenvalue weighted by Gasteiger charge is 2.11. The predicted molar refractivity (Wildman–Crippen MR) is 105 cm³/mol. The van der Waals surface area contributed by atoms with E-state index in [1.54, 1.807) is 38.2 Å². The van der Waals surface area contributed by atoms with Crippen LogP contribution in [0.3, 0.4) is 0 Å². The predicted octanol–water partition coefficient (Wildman–Crippen LogP) is 4.39. The van der Waals surface area contributed by atoms with Gasteiger partial charge in [-0.15, -0.1) is 11.3 Å². The number of aromatic nitrogens is 1. The van der Waals surface area contributed by atoms with Gasteiger partial charge in [-0.1, -0.05) is 37.0 Å². The number of hydrogen-bond acceptors (Lipinski definition) is 5. The molecule has 1 heterocycles. The maximum Gasteiger partial charge on any atom is 0.347 e. The Morgan fingerprint density at radius 1 is 1.26 bits per heavy atom. The summed E-state index contributed by atoms with van der Waals surface area (Å²) in [7, 11) is 0. The van der Waals surface area contributed by atoms with E-state index in [4.69, 9.17) is 10.2 Å². The van der Waals surface area contributed by atoms with Gasteiger partial charge < -0.3 is 10.2 Å². The van der Waals surface area contributed by atoms with Crippen LogP contribution < -0.4 is 0 Å². The Morgan fingerprint density at radius 2 is 1.96 bits per heavy atom. The SMILES string of the molecule is C=C(\C=C(C#N)/C(=C\C)/C=C/C=C(\C=C/C)C(=O)O)c1ncc(C(=O)O)s1. The van der Waals surface area contributed by atoms with Crippen LogP contribution in [0.5, 0.6) is 0 Å². The number of carboxylic acids is 2. The number of carboxylic acid groups (broad SMARTS) is 2. The molecule has 138 valence electrons. The molecular weight excluding hydrogens is 364 g/mol. The van der Waals surface area contributed by atoms with Crippen LogP contribution in [0.15, 0.2) is 72.0 Å². The van der Waals surface area contributed by atoms with E-state index in [-0.39, 0.29) is 10.5 Å². The van der Waals surface area contributed by atoms with Gasteiger partial charge in [0.15, 0.2) is 0 Å². The van der Waals surface area contributed by atoms with E-state index >= 15 is 0 Å². The third kappa shape index (κ3) is 6.38. The van der Waals surface area contributed by atoms with Crippen LogP contribution in [0.1, 0.15) is 28.5 Å². The van der Waals surface area contributed by atoms with E-state index in [2.05, 4.69) is 17.6 Å². The van der Waals surface area contributed by atoms with E-state index in [1.165, 1.54) is 24.4 Å². The van der Waals surface area contributed by atoms with E-state index in [0.29, 0.717) is 21.7 Å². The molecule has 0 radical (unpaired) electrons. The summed E-state index contributed by atoms with van der Waals surface area (Å²) in [6.07, 6.45) is 12.1. The molecule has 1 aromatic rings. The van der Waals surface area contributed by atoms with Gasteiger partial charge in [-0.05, 0) is 31.6 Å². The lowest BCUT2D eigenvalue weighted by atomic mass is 10.0. The molecule has 2 N–H and O–H groups in total. The van der Waals surface area contributed by atoms with Crippen LogP contribution >= 0.6 is 11.3 Å². The molecule has 0 aliphatic carbocycles. The summed E-state index contributed by atoms with van der Waals surface area (Å²) < 4.78 is 0. The highest BCUT2D eigenvalue weighted by Crippen LogP contribution is 2.24. The molecule has 27 heavy (non-hydrogen) atoms. The normalized spacial score (nSPS) is 13.1. The molecule has 0 fully saturated rings. The van der Waals surface area contributed by atoms with E-state index in [1.807, 2.05) is 0 Å². The fourth-order valence-corrected chi connectivity index (χ4v) is 2.61. The Morgan fingerprint density at radius 3 is 2.44 bits per heavy atom. The molecule has 0 unspecified atom stereocenters. The number of allylic oxidation sites excluding steroid dienone is 9. The molecular formula is C20H18N2O4S. The zero-order valence-electron chi connectivity index (χ0n) is 14.8. The molecule has 6 nitrogen and oxygen atoms in total. The van der Waals surface area contributed by atoms with Gasteiger partial charge >= 0.3 is 11.9 Å². The topological polar surface area (TPSA) is 111 Å². The van der Waals surface area contributed by atoms with Crippen molar-refractivity contribution in [3.63, 3.8) is 0 Å². The van der Waals surface area contributed by atoms with Crippen molar-refractivity contribution in [1.29, 1.82) is 5.26 Å². The zero-order chi connectivity index (χ0) is 20.4. The maximum absolute atomic E-state index is 11.1. The third-order valence-electron chi connectivity index (χ3n) is 3.20. The second-order valence-electron chi connectivity index (χ2n) is 5.06. The van der Waals surface area contributed by atoms with Gasteiger partial charge in [0.05, 0.1) is 23.4 Å². The van der Waals surface area contributed by atoms with E-state index in [0.717, 1.165) is 11.3 Å². The van der Waals surface area contributed by atoms with Crippen LogP contribution in [0.25, 0.3) is 5.57 Å². The first-order chi connectivity index (χ1) is 12.8. The fourth-order valence-electron chi connectivity index (χ4n) is 1.91. The minimum atomic E-state index is -1.07. The number of hydrogen-bond donors (Lipinski definition) is 2. The molecule has 0 aliphatic heterocycles. The highest BCUT2D eigenvalue weighted by atomic mass is 32.1. The molecule has 0 amide bonds. The minimum absolute atomic E-state index is 0.0829. The molecule has 0 atom stereocenters. The van der Waals surface area contributed by atoms with Gasteiger partial charge in [-0.3, -0.25) is 0 Å². The lowest BCUT2D eigenvalue weighted by molar-refractivity contribution is -0.132. The number of rotatable bonds is 8. The third-order valence-corrected chi connectivity index (χ3v) is 4.26. The summed E-state index contributed by atoms with van der Waals surface area (Å²) in [5, 5.41) is 27.9. The smallest absolute Gasteiger partial charge is 0.347 e.